The molecule has 0 radical (unpaired) electrons. The van der Waals surface area contributed by atoms with Crippen LogP contribution >= 0.6 is 0 Å². The van der Waals surface area contributed by atoms with Crippen LogP contribution in [0.15, 0.2) is 24.8 Å². The van der Waals surface area contributed by atoms with Crippen LogP contribution in [-0.4, -0.2) is 16.6 Å². The average Bonchev–Trinajstić information content (AvgIpc) is 2.62. The van der Waals surface area contributed by atoms with E-state index in [1.807, 2.05) is 6.08 Å². The highest BCUT2D eigenvalue weighted by Crippen LogP contribution is 2.48. The molecule has 1 aromatic carbocycles. The molecular formula is C26H48O2Si2. The maximum absolute atomic E-state index is 7.13. The smallest absolute Gasteiger partial charge is 0.258 e. The molecule has 0 aromatic heterocycles. The molecule has 2 nitrogen and oxygen atoms in total. The summed E-state index contributed by atoms with van der Waals surface area (Å²) in [6, 6.07) is 6.39. The molecular weight excluding hydrogens is 400 g/mol. The summed E-state index contributed by atoms with van der Waals surface area (Å²) in [5.41, 5.74) is 4.19. The van der Waals surface area contributed by atoms with E-state index in [1.165, 1.54) is 0 Å². The van der Waals surface area contributed by atoms with Crippen LogP contribution < -0.4 is 8.85 Å². The van der Waals surface area contributed by atoms with Gasteiger partial charge in [0, 0.05) is 0 Å². The standard InChI is InChI=1S/C26H48O2Si2/c1-14-24-15-16-25(27-29(18(2)3,19(4)5)20(6)7)26(17-24)28-30(21(8)9,22(10)11)23(12)13/h14-23H,1H2,2-13H3. The van der Waals surface area contributed by atoms with Crippen molar-refractivity contribution in [3.05, 3.63) is 30.3 Å². The third kappa shape index (κ3) is 5.07. The number of benzene rings is 1. The second kappa shape index (κ2) is 10.5. The van der Waals surface area contributed by atoms with Crippen LogP contribution in [0.4, 0.5) is 0 Å². The minimum atomic E-state index is -2.09. The van der Waals surface area contributed by atoms with E-state index in [0.717, 1.165) is 17.1 Å². The van der Waals surface area contributed by atoms with Crippen molar-refractivity contribution in [3.63, 3.8) is 0 Å². The Morgan fingerprint density at radius 1 is 0.600 bits per heavy atom. The zero-order valence-electron chi connectivity index (χ0n) is 21.8. The largest absolute Gasteiger partial charge is 0.540 e. The Hall–Kier alpha value is -1.01. The topological polar surface area (TPSA) is 18.5 Å². The fourth-order valence-electron chi connectivity index (χ4n) is 5.90. The highest BCUT2D eigenvalue weighted by molar-refractivity contribution is 6.79. The first-order valence-electron chi connectivity index (χ1n) is 11.9. The molecule has 0 spiro atoms. The van der Waals surface area contributed by atoms with Crippen molar-refractivity contribution in [2.45, 2.75) is 116 Å². The molecule has 0 amide bonds. The molecule has 30 heavy (non-hydrogen) atoms. The second-order valence-electron chi connectivity index (χ2n) is 10.7. The van der Waals surface area contributed by atoms with Crippen LogP contribution in [0, 0.1) is 0 Å². The van der Waals surface area contributed by atoms with Gasteiger partial charge in [-0.3, -0.25) is 0 Å². The van der Waals surface area contributed by atoms with Gasteiger partial charge in [0.05, 0.1) is 0 Å². The Balaban J connectivity index is 3.66. The predicted octanol–water partition coefficient (Wildman–Crippen LogP) is 9.44. The Morgan fingerprint density at radius 2 is 0.933 bits per heavy atom. The normalized spacial score (nSPS) is 13.3. The summed E-state index contributed by atoms with van der Waals surface area (Å²) in [5.74, 6) is 1.86. The summed E-state index contributed by atoms with van der Waals surface area (Å²) in [6.07, 6.45) is 1.90. The molecule has 172 valence electrons. The first-order valence-corrected chi connectivity index (χ1v) is 16.2. The van der Waals surface area contributed by atoms with Crippen molar-refractivity contribution in [3.8, 4) is 11.5 Å². The zero-order valence-corrected chi connectivity index (χ0v) is 23.8. The summed E-state index contributed by atoms with van der Waals surface area (Å²) in [7, 11) is -4.17. The molecule has 0 aliphatic carbocycles. The highest BCUT2D eigenvalue weighted by atomic mass is 28.4. The summed E-state index contributed by atoms with van der Waals surface area (Å²) in [6.45, 7) is 32.0. The Labute approximate surface area is 189 Å². The van der Waals surface area contributed by atoms with Gasteiger partial charge in [-0.25, -0.2) is 0 Å². The fraction of sp³-hybridized carbons (Fsp3) is 0.692. The summed E-state index contributed by atoms with van der Waals surface area (Å²) < 4.78 is 14.2. The van der Waals surface area contributed by atoms with Crippen molar-refractivity contribution in [1.82, 2.24) is 0 Å². The van der Waals surface area contributed by atoms with Gasteiger partial charge in [0.25, 0.3) is 16.6 Å². The van der Waals surface area contributed by atoms with E-state index in [0.29, 0.717) is 33.2 Å². The molecule has 0 fully saturated rings. The van der Waals surface area contributed by atoms with Gasteiger partial charge in [0.15, 0.2) is 0 Å². The molecule has 0 saturated carbocycles. The van der Waals surface area contributed by atoms with Gasteiger partial charge in [0.2, 0.25) is 0 Å². The number of hydrogen-bond donors (Lipinski definition) is 0. The Morgan fingerprint density at radius 3 is 1.23 bits per heavy atom. The zero-order chi connectivity index (χ0) is 23.4. The van der Waals surface area contributed by atoms with E-state index in [4.69, 9.17) is 8.85 Å². The van der Waals surface area contributed by atoms with Crippen LogP contribution in [-0.2, 0) is 0 Å². The van der Waals surface area contributed by atoms with Crippen molar-refractivity contribution in [2.24, 2.45) is 0 Å². The van der Waals surface area contributed by atoms with Crippen LogP contribution in [0.1, 0.15) is 88.6 Å². The number of rotatable bonds is 11. The quantitative estimate of drug-likeness (QED) is 0.314. The molecule has 1 aromatic rings. The monoisotopic (exact) mass is 448 g/mol. The van der Waals surface area contributed by atoms with Crippen molar-refractivity contribution >= 4 is 22.7 Å². The molecule has 0 unspecified atom stereocenters. The van der Waals surface area contributed by atoms with Crippen LogP contribution in [0.25, 0.3) is 6.08 Å². The van der Waals surface area contributed by atoms with Crippen molar-refractivity contribution in [2.75, 3.05) is 0 Å². The lowest BCUT2D eigenvalue weighted by molar-refractivity contribution is 0.427. The predicted molar refractivity (Wildman–Crippen MR) is 140 cm³/mol. The van der Waals surface area contributed by atoms with E-state index in [9.17, 15) is 0 Å². The van der Waals surface area contributed by atoms with Gasteiger partial charge < -0.3 is 8.85 Å². The molecule has 4 heteroatoms. The first kappa shape index (κ1) is 27.0. The second-order valence-corrected chi connectivity index (χ2v) is 21.5. The Kier molecular flexibility index (Phi) is 9.50. The molecule has 0 N–H and O–H groups in total. The third-order valence-electron chi connectivity index (χ3n) is 7.19. The maximum Gasteiger partial charge on any atom is 0.258 e. The average molecular weight is 449 g/mol. The lowest BCUT2D eigenvalue weighted by Gasteiger charge is -2.45. The maximum atomic E-state index is 7.13. The van der Waals surface area contributed by atoms with Crippen molar-refractivity contribution < 1.29 is 8.85 Å². The summed E-state index contributed by atoms with van der Waals surface area (Å²) in [4.78, 5) is 0. The first-order chi connectivity index (χ1) is 13.8. The van der Waals surface area contributed by atoms with Gasteiger partial charge in [-0.15, -0.1) is 0 Å². The van der Waals surface area contributed by atoms with E-state index in [1.54, 1.807) is 0 Å². The lowest BCUT2D eigenvalue weighted by Crippen LogP contribution is -2.52. The van der Waals surface area contributed by atoms with Crippen LogP contribution in [0.3, 0.4) is 0 Å². The van der Waals surface area contributed by atoms with Crippen molar-refractivity contribution in [1.29, 1.82) is 0 Å². The Bertz CT molecular complexity index is 647. The molecule has 0 saturated heterocycles. The van der Waals surface area contributed by atoms with Gasteiger partial charge in [-0.2, -0.15) is 0 Å². The molecule has 0 bridgehead atoms. The summed E-state index contributed by atoms with van der Waals surface area (Å²) >= 11 is 0. The van der Waals surface area contributed by atoms with E-state index in [-0.39, 0.29) is 0 Å². The molecule has 0 aliphatic heterocycles. The van der Waals surface area contributed by atoms with E-state index >= 15 is 0 Å². The fourth-order valence-corrected chi connectivity index (χ4v) is 16.4. The van der Waals surface area contributed by atoms with E-state index < -0.39 is 16.6 Å². The minimum absolute atomic E-state index is 0.514. The van der Waals surface area contributed by atoms with Gasteiger partial charge in [-0.1, -0.05) is 102 Å². The number of hydrogen-bond acceptors (Lipinski definition) is 2. The third-order valence-corrected chi connectivity index (χ3v) is 19.2. The van der Waals surface area contributed by atoms with Crippen LogP contribution in [0.5, 0.6) is 11.5 Å². The van der Waals surface area contributed by atoms with Gasteiger partial charge in [-0.05, 0) is 50.9 Å². The molecule has 0 atom stereocenters. The molecule has 0 heterocycles. The van der Waals surface area contributed by atoms with Gasteiger partial charge in [0.1, 0.15) is 11.5 Å². The SMILES string of the molecule is C=Cc1ccc(O[Si](C(C)C)(C(C)C)C(C)C)c(O[Si](C(C)C)(C(C)C)C(C)C)c1. The van der Waals surface area contributed by atoms with Gasteiger partial charge >= 0.3 is 0 Å². The molecule has 0 aliphatic rings. The van der Waals surface area contributed by atoms with Crippen LogP contribution in [0.2, 0.25) is 33.2 Å². The van der Waals surface area contributed by atoms with E-state index in [2.05, 4.69) is 108 Å². The summed E-state index contributed by atoms with van der Waals surface area (Å²) in [5, 5.41) is 0. The highest BCUT2D eigenvalue weighted by Gasteiger charge is 2.49. The lowest BCUT2D eigenvalue weighted by atomic mass is 10.2. The molecule has 1 rings (SSSR count). The minimum Gasteiger partial charge on any atom is -0.540 e.